The summed E-state index contributed by atoms with van der Waals surface area (Å²) in [7, 11) is 5.11. The Kier molecular flexibility index (Phi) is 4.03. The third-order valence-corrected chi connectivity index (χ3v) is 2.28. The van der Waals surface area contributed by atoms with E-state index in [2.05, 4.69) is 4.98 Å². The molecule has 17 heavy (non-hydrogen) atoms. The van der Waals surface area contributed by atoms with E-state index in [1.165, 1.54) is 17.2 Å². The predicted molar refractivity (Wildman–Crippen MR) is 63.2 cm³/mol. The molecule has 0 spiro atoms. The van der Waals surface area contributed by atoms with Gasteiger partial charge in [0.25, 0.3) is 0 Å². The van der Waals surface area contributed by atoms with Gasteiger partial charge in [0.1, 0.15) is 5.69 Å². The van der Waals surface area contributed by atoms with Gasteiger partial charge in [-0.25, -0.2) is 9.78 Å². The number of aromatic carboxylic acids is 1. The Hall–Kier alpha value is -2.11. The molecule has 1 aromatic heterocycles. The number of pyridine rings is 1. The van der Waals surface area contributed by atoms with Crippen LogP contribution in [0.2, 0.25) is 0 Å². The summed E-state index contributed by atoms with van der Waals surface area (Å²) in [4.78, 5) is 29.1. The van der Waals surface area contributed by atoms with Crippen LogP contribution in [-0.2, 0) is 4.79 Å². The Labute approximate surface area is 99.5 Å². The van der Waals surface area contributed by atoms with Crippen LogP contribution in [0.5, 0.6) is 0 Å². The van der Waals surface area contributed by atoms with E-state index in [0.717, 1.165) is 0 Å². The maximum atomic E-state index is 11.5. The summed E-state index contributed by atoms with van der Waals surface area (Å²) in [5.74, 6) is -1.10. The SMILES string of the molecule is CN(C)C(=O)CN(C)c1ccc(C(=O)O)nc1. The van der Waals surface area contributed by atoms with Gasteiger partial charge in [-0.1, -0.05) is 0 Å². The maximum Gasteiger partial charge on any atom is 0.354 e. The number of hydrogen-bond donors (Lipinski definition) is 1. The van der Waals surface area contributed by atoms with Crippen LogP contribution in [0.4, 0.5) is 5.69 Å². The number of amides is 1. The van der Waals surface area contributed by atoms with E-state index in [4.69, 9.17) is 5.11 Å². The number of hydrogen-bond acceptors (Lipinski definition) is 4. The maximum absolute atomic E-state index is 11.5. The molecule has 0 saturated heterocycles. The predicted octanol–water partition coefficient (Wildman–Crippen LogP) is 0.304. The lowest BCUT2D eigenvalue weighted by atomic mass is 10.3. The quantitative estimate of drug-likeness (QED) is 0.815. The molecular formula is C11H15N3O3. The number of carbonyl (C=O) groups is 2. The Morgan fingerprint density at radius 3 is 2.35 bits per heavy atom. The number of anilines is 1. The molecule has 0 aliphatic carbocycles. The summed E-state index contributed by atoms with van der Waals surface area (Å²) in [6, 6.07) is 3.04. The lowest BCUT2D eigenvalue weighted by molar-refractivity contribution is -0.127. The first-order valence-electron chi connectivity index (χ1n) is 5.02. The fourth-order valence-electron chi connectivity index (χ4n) is 1.17. The van der Waals surface area contributed by atoms with Crippen molar-refractivity contribution >= 4 is 17.6 Å². The Balaban J connectivity index is 2.73. The highest BCUT2D eigenvalue weighted by atomic mass is 16.4. The van der Waals surface area contributed by atoms with Crippen LogP contribution in [0.3, 0.4) is 0 Å². The van der Waals surface area contributed by atoms with E-state index in [1.54, 1.807) is 32.1 Å². The van der Waals surface area contributed by atoms with Crippen LogP contribution in [0.25, 0.3) is 0 Å². The van der Waals surface area contributed by atoms with Crippen molar-refractivity contribution in [3.05, 3.63) is 24.0 Å². The zero-order valence-electron chi connectivity index (χ0n) is 10.0. The minimum absolute atomic E-state index is 0.0129. The van der Waals surface area contributed by atoms with Crippen LogP contribution >= 0.6 is 0 Å². The van der Waals surface area contributed by atoms with E-state index < -0.39 is 5.97 Å². The second-order valence-electron chi connectivity index (χ2n) is 3.85. The summed E-state index contributed by atoms with van der Waals surface area (Å²) < 4.78 is 0. The average molecular weight is 237 g/mol. The van der Waals surface area contributed by atoms with Crippen LogP contribution < -0.4 is 4.90 Å². The van der Waals surface area contributed by atoms with Crippen molar-refractivity contribution in [2.24, 2.45) is 0 Å². The molecule has 0 saturated carbocycles. The van der Waals surface area contributed by atoms with E-state index in [1.807, 2.05) is 0 Å². The van der Waals surface area contributed by atoms with Crippen molar-refractivity contribution in [1.29, 1.82) is 0 Å². The average Bonchev–Trinajstić information content (AvgIpc) is 2.28. The van der Waals surface area contributed by atoms with Crippen molar-refractivity contribution < 1.29 is 14.7 Å². The molecule has 6 heteroatoms. The first-order valence-corrected chi connectivity index (χ1v) is 5.02. The van der Waals surface area contributed by atoms with E-state index in [0.29, 0.717) is 5.69 Å². The zero-order chi connectivity index (χ0) is 13.0. The van der Waals surface area contributed by atoms with E-state index in [9.17, 15) is 9.59 Å². The molecule has 1 rings (SSSR count). The number of carboxylic acid groups (broad SMARTS) is 1. The summed E-state index contributed by atoms with van der Waals surface area (Å²) in [5.41, 5.74) is 0.686. The number of nitrogens with zero attached hydrogens (tertiary/aromatic N) is 3. The number of carbonyl (C=O) groups excluding carboxylic acids is 1. The smallest absolute Gasteiger partial charge is 0.354 e. The van der Waals surface area contributed by atoms with Gasteiger partial charge in [-0.15, -0.1) is 0 Å². The molecule has 1 N–H and O–H groups in total. The molecule has 0 fully saturated rings. The monoisotopic (exact) mass is 237 g/mol. The highest BCUT2D eigenvalue weighted by Gasteiger charge is 2.10. The molecule has 1 heterocycles. The molecule has 92 valence electrons. The Morgan fingerprint density at radius 2 is 1.94 bits per heavy atom. The molecule has 0 unspecified atom stereocenters. The molecule has 0 atom stereocenters. The van der Waals surface area contributed by atoms with Gasteiger partial charge >= 0.3 is 5.97 Å². The van der Waals surface area contributed by atoms with Gasteiger partial charge in [0.15, 0.2) is 0 Å². The summed E-state index contributed by atoms with van der Waals surface area (Å²) in [6.45, 7) is 0.223. The largest absolute Gasteiger partial charge is 0.477 e. The van der Waals surface area contributed by atoms with Crippen molar-refractivity contribution in [2.45, 2.75) is 0 Å². The van der Waals surface area contributed by atoms with Crippen LogP contribution in [0, 0.1) is 0 Å². The number of likely N-dealkylation sites (N-methyl/N-ethyl adjacent to an activating group) is 2. The fourth-order valence-corrected chi connectivity index (χ4v) is 1.17. The van der Waals surface area contributed by atoms with E-state index in [-0.39, 0.29) is 18.1 Å². The molecule has 0 aromatic carbocycles. The highest BCUT2D eigenvalue weighted by molar-refractivity contribution is 5.85. The van der Waals surface area contributed by atoms with Gasteiger partial charge in [-0.3, -0.25) is 4.79 Å². The Bertz CT molecular complexity index is 414. The first-order chi connectivity index (χ1) is 7.91. The van der Waals surface area contributed by atoms with Gasteiger partial charge in [-0.2, -0.15) is 0 Å². The van der Waals surface area contributed by atoms with Gasteiger partial charge < -0.3 is 14.9 Å². The summed E-state index contributed by atoms with van der Waals surface area (Å²) in [5, 5.41) is 8.70. The van der Waals surface area contributed by atoms with Crippen LogP contribution in [0.1, 0.15) is 10.5 Å². The van der Waals surface area contributed by atoms with Crippen molar-refractivity contribution in [3.63, 3.8) is 0 Å². The van der Waals surface area contributed by atoms with Crippen LogP contribution in [-0.4, -0.2) is 54.6 Å². The minimum Gasteiger partial charge on any atom is -0.477 e. The van der Waals surface area contributed by atoms with Gasteiger partial charge in [0.2, 0.25) is 5.91 Å². The molecule has 0 aliphatic rings. The topological polar surface area (TPSA) is 73.7 Å². The van der Waals surface area contributed by atoms with Crippen LogP contribution in [0.15, 0.2) is 18.3 Å². The first kappa shape index (κ1) is 13.0. The van der Waals surface area contributed by atoms with Crippen molar-refractivity contribution in [2.75, 3.05) is 32.6 Å². The molecule has 0 bridgehead atoms. The summed E-state index contributed by atoms with van der Waals surface area (Å²) >= 11 is 0. The minimum atomic E-state index is -1.07. The van der Waals surface area contributed by atoms with Gasteiger partial charge in [0.05, 0.1) is 18.4 Å². The van der Waals surface area contributed by atoms with Gasteiger partial charge in [-0.05, 0) is 12.1 Å². The normalized spacial score (nSPS) is 9.82. The number of carboxylic acids is 1. The lowest BCUT2D eigenvalue weighted by Gasteiger charge is -2.20. The second-order valence-corrected chi connectivity index (χ2v) is 3.85. The highest BCUT2D eigenvalue weighted by Crippen LogP contribution is 2.11. The molecule has 0 aliphatic heterocycles. The fraction of sp³-hybridized carbons (Fsp3) is 0.364. The van der Waals surface area contributed by atoms with Crippen molar-refractivity contribution in [1.82, 2.24) is 9.88 Å². The number of aromatic nitrogens is 1. The standard InChI is InChI=1S/C11H15N3O3/c1-13(2)10(15)7-14(3)8-4-5-9(11(16)17)12-6-8/h4-6H,7H2,1-3H3,(H,16,17). The summed E-state index contributed by atoms with van der Waals surface area (Å²) in [6.07, 6.45) is 1.44. The zero-order valence-corrected chi connectivity index (χ0v) is 10.0. The van der Waals surface area contributed by atoms with Gasteiger partial charge in [0, 0.05) is 21.1 Å². The Morgan fingerprint density at radius 1 is 1.29 bits per heavy atom. The lowest BCUT2D eigenvalue weighted by Crippen LogP contribution is -2.34. The molecule has 1 amide bonds. The number of rotatable bonds is 4. The third-order valence-electron chi connectivity index (χ3n) is 2.28. The molecule has 6 nitrogen and oxygen atoms in total. The second kappa shape index (κ2) is 5.29. The molecule has 1 aromatic rings. The molecular weight excluding hydrogens is 222 g/mol. The van der Waals surface area contributed by atoms with E-state index >= 15 is 0 Å². The van der Waals surface area contributed by atoms with Crippen molar-refractivity contribution in [3.8, 4) is 0 Å². The third kappa shape index (κ3) is 3.44. The molecule has 0 radical (unpaired) electrons.